The van der Waals surface area contributed by atoms with Gasteiger partial charge in [-0.25, -0.2) is 8.42 Å². The first-order valence-electron chi connectivity index (χ1n) is 10.1. The molecule has 0 aliphatic carbocycles. The lowest BCUT2D eigenvalue weighted by atomic mass is 10.2. The van der Waals surface area contributed by atoms with E-state index in [0.29, 0.717) is 5.69 Å². The van der Waals surface area contributed by atoms with Gasteiger partial charge in [0.25, 0.3) is 0 Å². The van der Waals surface area contributed by atoms with Crippen LogP contribution in [0.2, 0.25) is 0 Å². The molecule has 0 saturated heterocycles. The van der Waals surface area contributed by atoms with E-state index in [4.69, 9.17) is 4.74 Å². The van der Waals surface area contributed by atoms with E-state index in [2.05, 4.69) is 5.10 Å². The van der Waals surface area contributed by atoms with E-state index in [9.17, 15) is 13.2 Å². The summed E-state index contributed by atoms with van der Waals surface area (Å²) >= 11 is 0. The summed E-state index contributed by atoms with van der Waals surface area (Å²) in [5, 5.41) is 4.41. The molecule has 0 fully saturated rings. The first kappa shape index (κ1) is 21.5. The van der Waals surface area contributed by atoms with Crippen LogP contribution in [0.15, 0.2) is 94.7 Å². The molecule has 3 aromatic carbocycles. The number of hydrogen-bond donors (Lipinski definition) is 0. The Labute approximate surface area is 187 Å². The van der Waals surface area contributed by atoms with E-state index < -0.39 is 15.8 Å². The number of esters is 1. The molecule has 0 atom stereocenters. The zero-order chi connectivity index (χ0) is 22.7. The Balaban J connectivity index is 1.82. The standard InChI is InChI=1S/C25H22N2O4S/c1-18-13-15-22(16-14-18)32(29,30)24-19(2)26-27(21-11-7-4-8-12-21)25(24)31-23(28)17-20-9-5-3-6-10-20/h3-16H,17H2,1-2H3. The minimum absolute atomic E-state index is 0.00385. The Morgan fingerprint density at radius 1 is 0.875 bits per heavy atom. The minimum atomic E-state index is -3.98. The topological polar surface area (TPSA) is 78.3 Å². The minimum Gasteiger partial charge on any atom is -0.406 e. The largest absolute Gasteiger partial charge is 0.406 e. The van der Waals surface area contributed by atoms with E-state index in [-0.39, 0.29) is 27.8 Å². The van der Waals surface area contributed by atoms with Crippen LogP contribution in [0, 0.1) is 13.8 Å². The van der Waals surface area contributed by atoms with Crippen molar-refractivity contribution in [2.24, 2.45) is 0 Å². The lowest BCUT2D eigenvalue weighted by molar-refractivity contribution is -0.134. The summed E-state index contributed by atoms with van der Waals surface area (Å²) in [5.41, 5.74) is 2.54. The van der Waals surface area contributed by atoms with Gasteiger partial charge in [0.15, 0.2) is 4.90 Å². The van der Waals surface area contributed by atoms with Crippen LogP contribution in [0.1, 0.15) is 16.8 Å². The normalized spacial score (nSPS) is 11.3. The smallest absolute Gasteiger partial charge is 0.317 e. The SMILES string of the molecule is Cc1ccc(S(=O)(=O)c2c(C)nn(-c3ccccc3)c2OC(=O)Cc2ccccc2)cc1. The zero-order valence-electron chi connectivity index (χ0n) is 17.7. The van der Waals surface area contributed by atoms with E-state index in [1.54, 1.807) is 55.5 Å². The van der Waals surface area contributed by atoms with Crippen molar-refractivity contribution >= 4 is 15.8 Å². The molecule has 0 aliphatic rings. The van der Waals surface area contributed by atoms with Crippen LogP contribution < -0.4 is 4.74 Å². The first-order chi connectivity index (χ1) is 15.4. The summed E-state index contributed by atoms with van der Waals surface area (Å²) in [4.78, 5) is 12.8. The lowest BCUT2D eigenvalue weighted by Gasteiger charge is -2.11. The molecule has 0 aliphatic heterocycles. The van der Waals surface area contributed by atoms with Crippen molar-refractivity contribution in [2.75, 3.05) is 0 Å². The van der Waals surface area contributed by atoms with Gasteiger partial charge < -0.3 is 4.74 Å². The molecule has 4 aromatic rings. The van der Waals surface area contributed by atoms with E-state index in [0.717, 1.165) is 11.1 Å². The van der Waals surface area contributed by atoms with Crippen molar-refractivity contribution in [1.82, 2.24) is 9.78 Å². The number of nitrogens with zero attached hydrogens (tertiary/aromatic N) is 2. The molecule has 0 spiro atoms. The molecule has 32 heavy (non-hydrogen) atoms. The summed E-state index contributed by atoms with van der Waals surface area (Å²) in [5.74, 6) is -0.691. The highest BCUT2D eigenvalue weighted by molar-refractivity contribution is 7.91. The maximum absolute atomic E-state index is 13.5. The number of ether oxygens (including phenoxy) is 1. The predicted octanol–water partition coefficient (Wildman–Crippen LogP) is 4.47. The number of para-hydroxylation sites is 1. The van der Waals surface area contributed by atoms with Crippen molar-refractivity contribution in [2.45, 2.75) is 30.1 Å². The molecule has 1 aromatic heterocycles. The number of aryl methyl sites for hydroxylation is 2. The van der Waals surface area contributed by atoms with E-state index in [1.165, 1.54) is 4.68 Å². The highest BCUT2D eigenvalue weighted by Gasteiger charge is 2.32. The summed E-state index contributed by atoms with van der Waals surface area (Å²) < 4.78 is 34.1. The highest BCUT2D eigenvalue weighted by Crippen LogP contribution is 2.34. The Hall–Kier alpha value is -3.71. The first-order valence-corrected chi connectivity index (χ1v) is 11.6. The third kappa shape index (κ3) is 4.33. The molecule has 4 rings (SSSR count). The number of rotatable bonds is 6. The van der Waals surface area contributed by atoms with Gasteiger partial charge in [0.2, 0.25) is 15.7 Å². The molecule has 0 amide bonds. The molecule has 0 saturated carbocycles. The molecule has 7 heteroatoms. The molecule has 6 nitrogen and oxygen atoms in total. The number of aromatic nitrogens is 2. The van der Waals surface area contributed by atoms with Gasteiger partial charge in [0, 0.05) is 0 Å². The second-order valence-corrected chi connectivity index (χ2v) is 9.31. The number of carbonyl (C=O) groups excluding carboxylic acids is 1. The van der Waals surface area contributed by atoms with Gasteiger partial charge >= 0.3 is 5.97 Å². The van der Waals surface area contributed by atoms with Gasteiger partial charge in [-0.2, -0.15) is 9.78 Å². The van der Waals surface area contributed by atoms with Crippen molar-refractivity contribution in [3.63, 3.8) is 0 Å². The highest BCUT2D eigenvalue weighted by atomic mass is 32.2. The monoisotopic (exact) mass is 446 g/mol. The third-order valence-corrected chi connectivity index (χ3v) is 6.87. The van der Waals surface area contributed by atoms with Crippen LogP contribution in [-0.2, 0) is 21.1 Å². The Bertz CT molecular complexity index is 1340. The molecular weight excluding hydrogens is 424 g/mol. The number of carbonyl (C=O) groups is 1. The predicted molar refractivity (Wildman–Crippen MR) is 121 cm³/mol. The summed E-state index contributed by atoms with van der Waals surface area (Å²) in [6, 6.07) is 24.6. The third-order valence-electron chi connectivity index (χ3n) is 4.97. The Morgan fingerprint density at radius 2 is 1.47 bits per heavy atom. The lowest BCUT2D eigenvalue weighted by Crippen LogP contribution is -2.16. The van der Waals surface area contributed by atoms with Crippen LogP contribution in [0.3, 0.4) is 0 Å². The molecular formula is C25H22N2O4S. The maximum atomic E-state index is 13.5. The van der Waals surface area contributed by atoms with E-state index in [1.807, 2.05) is 43.3 Å². The van der Waals surface area contributed by atoms with Gasteiger partial charge in [-0.15, -0.1) is 0 Å². The van der Waals surface area contributed by atoms with Gasteiger partial charge in [-0.3, -0.25) is 4.79 Å². The van der Waals surface area contributed by atoms with Gasteiger partial charge in [-0.05, 0) is 43.7 Å². The molecule has 0 unspecified atom stereocenters. The summed E-state index contributed by atoms with van der Waals surface area (Å²) in [6.07, 6.45) is 0.00385. The van der Waals surface area contributed by atoms with Gasteiger partial charge in [0.1, 0.15) is 0 Å². The van der Waals surface area contributed by atoms with Gasteiger partial charge in [0.05, 0.1) is 22.7 Å². The van der Waals surface area contributed by atoms with Crippen molar-refractivity contribution in [3.05, 3.63) is 102 Å². The van der Waals surface area contributed by atoms with Crippen molar-refractivity contribution in [3.8, 4) is 11.6 Å². The van der Waals surface area contributed by atoms with Crippen LogP contribution in [0.5, 0.6) is 5.88 Å². The quantitative estimate of drug-likeness (QED) is 0.408. The average Bonchev–Trinajstić information content (AvgIpc) is 3.11. The number of hydrogen-bond acceptors (Lipinski definition) is 5. The fraction of sp³-hybridized carbons (Fsp3) is 0.120. The number of benzene rings is 3. The average molecular weight is 447 g/mol. The van der Waals surface area contributed by atoms with Crippen LogP contribution in [0.4, 0.5) is 0 Å². The summed E-state index contributed by atoms with van der Waals surface area (Å²) in [6.45, 7) is 3.47. The molecule has 162 valence electrons. The van der Waals surface area contributed by atoms with Crippen LogP contribution in [-0.4, -0.2) is 24.2 Å². The van der Waals surface area contributed by atoms with E-state index >= 15 is 0 Å². The second kappa shape index (κ2) is 8.80. The maximum Gasteiger partial charge on any atom is 0.317 e. The number of sulfone groups is 1. The molecule has 0 radical (unpaired) electrons. The summed E-state index contributed by atoms with van der Waals surface area (Å²) in [7, 11) is -3.98. The van der Waals surface area contributed by atoms with Crippen LogP contribution >= 0.6 is 0 Å². The van der Waals surface area contributed by atoms with Gasteiger partial charge in [-0.1, -0.05) is 66.2 Å². The Morgan fingerprint density at radius 3 is 2.09 bits per heavy atom. The van der Waals surface area contributed by atoms with Crippen molar-refractivity contribution in [1.29, 1.82) is 0 Å². The Kier molecular flexibility index (Phi) is 5.92. The molecule has 0 bridgehead atoms. The van der Waals surface area contributed by atoms with Crippen molar-refractivity contribution < 1.29 is 17.9 Å². The molecule has 0 N–H and O–H groups in total. The molecule has 1 heterocycles. The van der Waals surface area contributed by atoms with Crippen LogP contribution in [0.25, 0.3) is 5.69 Å². The fourth-order valence-electron chi connectivity index (χ4n) is 3.38. The fourth-order valence-corrected chi connectivity index (χ4v) is 4.89. The second-order valence-electron chi connectivity index (χ2n) is 7.42. The zero-order valence-corrected chi connectivity index (χ0v) is 18.5.